The van der Waals surface area contributed by atoms with Crippen molar-refractivity contribution < 1.29 is 19.4 Å². The Morgan fingerprint density at radius 3 is 2.61 bits per heavy atom. The highest BCUT2D eigenvalue weighted by Gasteiger charge is 2.58. The van der Waals surface area contributed by atoms with E-state index in [-0.39, 0.29) is 17.9 Å². The second-order valence-electron chi connectivity index (χ2n) is 5.44. The number of carbonyl (C=O) groups excluding carboxylic acids is 1. The van der Waals surface area contributed by atoms with E-state index in [9.17, 15) is 9.59 Å². The molecule has 0 aromatic heterocycles. The van der Waals surface area contributed by atoms with Crippen LogP contribution < -0.4 is 0 Å². The summed E-state index contributed by atoms with van der Waals surface area (Å²) in [5.74, 6) is 0.358. The van der Waals surface area contributed by atoms with Crippen LogP contribution in [0, 0.1) is 5.92 Å². The highest BCUT2D eigenvalue weighted by atomic mass is 16.5. The van der Waals surface area contributed by atoms with Crippen LogP contribution in [0.1, 0.15) is 19.8 Å². The predicted molar refractivity (Wildman–Crippen MR) is 62.2 cm³/mol. The lowest BCUT2D eigenvalue weighted by molar-refractivity contribution is -0.178. The van der Waals surface area contributed by atoms with Crippen molar-refractivity contribution in [2.75, 3.05) is 26.2 Å². The maximum absolute atomic E-state index is 12.1. The molecule has 6 nitrogen and oxygen atoms in total. The van der Waals surface area contributed by atoms with Crippen molar-refractivity contribution in [1.82, 2.24) is 9.80 Å². The molecule has 2 aliphatic heterocycles. The third-order valence-corrected chi connectivity index (χ3v) is 4.25. The minimum atomic E-state index is -0.869. The molecular formula is C12H18N2O4. The van der Waals surface area contributed by atoms with Gasteiger partial charge in [0.25, 0.3) is 5.91 Å². The molecule has 6 heteroatoms. The van der Waals surface area contributed by atoms with Gasteiger partial charge in [0.2, 0.25) is 0 Å². The van der Waals surface area contributed by atoms with E-state index in [1.807, 2.05) is 11.8 Å². The fourth-order valence-corrected chi connectivity index (χ4v) is 2.83. The first kappa shape index (κ1) is 11.8. The number of hydrogen-bond donors (Lipinski definition) is 1. The van der Waals surface area contributed by atoms with Gasteiger partial charge in [-0.15, -0.1) is 0 Å². The number of ether oxygens (including phenoxy) is 1. The third kappa shape index (κ3) is 1.67. The highest BCUT2D eigenvalue weighted by Crippen LogP contribution is 2.46. The van der Waals surface area contributed by atoms with Gasteiger partial charge in [-0.3, -0.25) is 4.79 Å². The van der Waals surface area contributed by atoms with Crippen molar-refractivity contribution in [2.24, 2.45) is 5.92 Å². The van der Waals surface area contributed by atoms with Gasteiger partial charge in [0, 0.05) is 32.1 Å². The maximum Gasteiger partial charge on any atom is 0.407 e. The first-order valence-electron chi connectivity index (χ1n) is 6.51. The lowest BCUT2D eigenvalue weighted by atomic mass is 9.92. The molecule has 1 atom stereocenters. The van der Waals surface area contributed by atoms with Crippen molar-refractivity contribution in [2.45, 2.75) is 31.5 Å². The van der Waals surface area contributed by atoms with Crippen LogP contribution in [-0.2, 0) is 9.53 Å². The number of amides is 2. The highest BCUT2D eigenvalue weighted by molar-refractivity contribution is 5.88. The number of likely N-dealkylation sites (N-methyl/N-ethyl adjacent to an activating group) is 1. The van der Waals surface area contributed by atoms with E-state index in [2.05, 4.69) is 0 Å². The van der Waals surface area contributed by atoms with E-state index in [1.54, 1.807) is 0 Å². The standard InChI is InChI=1S/C12H18N2O4/c1-2-13-7-9(8-5-14(6-8)11(16)17)18-12(3-4-12)10(13)15/h8-9H,2-7H2,1H3,(H,16,17). The number of carboxylic acid groups (broad SMARTS) is 1. The molecule has 0 bridgehead atoms. The summed E-state index contributed by atoms with van der Waals surface area (Å²) in [5.41, 5.74) is -0.553. The van der Waals surface area contributed by atoms with Crippen LogP contribution in [0.15, 0.2) is 0 Å². The van der Waals surface area contributed by atoms with Crippen LogP contribution in [0.25, 0.3) is 0 Å². The summed E-state index contributed by atoms with van der Waals surface area (Å²) in [6, 6.07) is 0. The average Bonchev–Trinajstić information content (AvgIpc) is 3.01. The molecule has 1 unspecified atom stereocenters. The molecule has 0 aromatic rings. The van der Waals surface area contributed by atoms with Gasteiger partial charge in [-0.25, -0.2) is 4.79 Å². The molecule has 3 fully saturated rings. The third-order valence-electron chi connectivity index (χ3n) is 4.25. The van der Waals surface area contributed by atoms with Crippen molar-refractivity contribution in [3.63, 3.8) is 0 Å². The summed E-state index contributed by atoms with van der Waals surface area (Å²) in [6.07, 6.45) is 0.759. The van der Waals surface area contributed by atoms with E-state index in [4.69, 9.17) is 9.84 Å². The van der Waals surface area contributed by atoms with Crippen LogP contribution in [0.5, 0.6) is 0 Å². The van der Waals surface area contributed by atoms with Crippen LogP contribution >= 0.6 is 0 Å². The second kappa shape index (κ2) is 3.85. The van der Waals surface area contributed by atoms with E-state index in [1.165, 1.54) is 4.90 Å². The Hall–Kier alpha value is -1.30. The number of likely N-dealkylation sites (tertiary alicyclic amines) is 1. The zero-order chi connectivity index (χ0) is 12.9. The molecular weight excluding hydrogens is 236 g/mol. The molecule has 100 valence electrons. The Morgan fingerprint density at radius 2 is 2.11 bits per heavy atom. The first-order chi connectivity index (χ1) is 8.55. The Kier molecular flexibility index (Phi) is 2.52. The largest absolute Gasteiger partial charge is 0.465 e. The number of nitrogens with zero attached hydrogens (tertiary/aromatic N) is 2. The van der Waals surface area contributed by atoms with E-state index < -0.39 is 11.7 Å². The van der Waals surface area contributed by atoms with Crippen LogP contribution in [0.2, 0.25) is 0 Å². The minimum Gasteiger partial charge on any atom is -0.465 e. The molecule has 3 rings (SSSR count). The number of hydrogen-bond acceptors (Lipinski definition) is 3. The summed E-state index contributed by atoms with van der Waals surface area (Å²) in [5, 5.41) is 8.83. The first-order valence-corrected chi connectivity index (χ1v) is 6.51. The monoisotopic (exact) mass is 254 g/mol. The Morgan fingerprint density at radius 1 is 1.44 bits per heavy atom. The van der Waals surface area contributed by atoms with E-state index in [0.717, 1.165) is 12.8 Å². The number of rotatable bonds is 2. The van der Waals surface area contributed by atoms with Gasteiger partial charge in [-0.2, -0.15) is 0 Å². The molecule has 1 spiro atoms. The van der Waals surface area contributed by atoms with Crippen LogP contribution in [0.4, 0.5) is 4.79 Å². The molecule has 2 amide bonds. The van der Waals surface area contributed by atoms with Crippen molar-refractivity contribution in [3.8, 4) is 0 Å². The van der Waals surface area contributed by atoms with Gasteiger partial charge in [0.1, 0.15) is 5.60 Å². The minimum absolute atomic E-state index is 0.000694. The average molecular weight is 254 g/mol. The zero-order valence-electron chi connectivity index (χ0n) is 10.5. The SMILES string of the molecule is CCN1CC(C2CN(C(=O)O)C2)OC2(CC2)C1=O. The normalized spacial score (nSPS) is 30.5. The summed E-state index contributed by atoms with van der Waals surface area (Å²) in [6.45, 7) is 4.34. The van der Waals surface area contributed by atoms with Crippen molar-refractivity contribution in [3.05, 3.63) is 0 Å². The van der Waals surface area contributed by atoms with Crippen LogP contribution in [-0.4, -0.2) is 64.8 Å². The molecule has 1 saturated carbocycles. The maximum atomic E-state index is 12.1. The van der Waals surface area contributed by atoms with Crippen molar-refractivity contribution in [1.29, 1.82) is 0 Å². The Bertz CT molecular complexity index is 388. The molecule has 18 heavy (non-hydrogen) atoms. The van der Waals surface area contributed by atoms with Crippen LogP contribution in [0.3, 0.4) is 0 Å². The smallest absolute Gasteiger partial charge is 0.407 e. The molecule has 0 radical (unpaired) electrons. The molecule has 1 aliphatic carbocycles. The molecule has 2 saturated heterocycles. The van der Waals surface area contributed by atoms with Crippen molar-refractivity contribution >= 4 is 12.0 Å². The molecule has 3 aliphatic rings. The summed E-state index contributed by atoms with van der Waals surface area (Å²) < 4.78 is 5.95. The second-order valence-corrected chi connectivity index (χ2v) is 5.44. The molecule has 0 aromatic carbocycles. The summed E-state index contributed by atoms with van der Waals surface area (Å²) >= 11 is 0. The fourth-order valence-electron chi connectivity index (χ4n) is 2.83. The lowest BCUT2D eigenvalue weighted by Gasteiger charge is -2.46. The van der Waals surface area contributed by atoms with Gasteiger partial charge in [-0.1, -0.05) is 0 Å². The number of carbonyl (C=O) groups is 2. The predicted octanol–water partition coefficient (Wildman–Crippen LogP) is 0.376. The number of morpholine rings is 1. The van der Waals surface area contributed by atoms with Gasteiger partial charge >= 0.3 is 6.09 Å². The van der Waals surface area contributed by atoms with Gasteiger partial charge in [0.05, 0.1) is 6.10 Å². The van der Waals surface area contributed by atoms with E-state index >= 15 is 0 Å². The Balaban J connectivity index is 1.64. The van der Waals surface area contributed by atoms with Gasteiger partial charge < -0.3 is 19.6 Å². The molecule has 1 N–H and O–H groups in total. The van der Waals surface area contributed by atoms with E-state index in [0.29, 0.717) is 26.2 Å². The fraction of sp³-hybridized carbons (Fsp3) is 0.833. The quantitative estimate of drug-likeness (QED) is 0.773. The van der Waals surface area contributed by atoms with Gasteiger partial charge in [0.15, 0.2) is 0 Å². The lowest BCUT2D eigenvalue weighted by Crippen LogP contribution is -2.62. The van der Waals surface area contributed by atoms with Gasteiger partial charge in [-0.05, 0) is 19.8 Å². The molecule has 2 heterocycles. The topological polar surface area (TPSA) is 70.1 Å². The zero-order valence-corrected chi connectivity index (χ0v) is 10.5. The Labute approximate surface area is 105 Å². The summed E-state index contributed by atoms with van der Waals surface area (Å²) in [7, 11) is 0. The summed E-state index contributed by atoms with van der Waals surface area (Å²) in [4.78, 5) is 26.1.